The number of halogens is 1. The largest absolute Gasteiger partial charge is 0.459 e. The molecular weight excluding hydrogens is 428 g/mol. The number of rotatable bonds is 6. The van der Waals surface area contributed by atoms with Crippen LogP contribution in [-0.2, 0) is 10.8 Å². The highest BCUT2D eigenvalue weighted by molar-refractivity contribution is 9.10. The van der Waals surface area contributed by atoms with Gasteiger partial charge < -0.3 is 8.84 Å². The Bertz CT molecular complexity index is 909. The van der Waals surface area contributed by atoms with Gasteiger partial charge in [-0.2, -0.15) is 0 Å². The van der Waals surface area contributed by atoms with Crippen LogP contribution in [0.25, 0.3) is 22.5 Å². The van der Waals surface area contributed by atoms with Crippen LogP contribution in [0.4, 0.5) is 0 Å². The van der Waals surface area contributed by atoms with E-state index >= 15 is 0 Å². The van der Waals surface area contributed by atoms with Gasteiger partial charge in [-0.3, -0.25) is 0 Å². The Hall–Kier alpha value is -1.62. The Labute approximate surface area is 178 Å². The van der Waals surface area contributed by atoms with Crippen molar-refractivity contribution in [3.8, 4) is 22.5 Å². The first-order chi connectivity index (χ1) is 13.2. The van der Waals surface area contributed by atoms with Crippen LogP contribution in [-0.4, -0.2) is 14.9 Å². The van der Waals surface area contributed by atoms with Gasteiger partial charge in [0.1, 0.15) is 11.5 Å². The van der Waals surface area contributed by atoms with Gasteiger partial charge in [0.25, 0.3) is 0 Å². The van der Waals surface area contributed by atoms with Gasteiger partial charge in [0.15, 0.2) is 8.32 Å². The number of furan rings is 1. The van der Waals surface area contributed by atoms with E-state index in [1.54, 1.807) is 0 Å². The summed E-state index contributed by atoms with van der Waals surface area (Å²) in [7, 11) is -1.77. The fourth-order valence-corrected chi connectivity index (χ4v) is 4.62. The Kier molecular flexibility index (Phi) is 6.33. The summed E-state index contributed by atoms with van der Waals surface area (Å²) in [6.07, 6.45) is 0.750. The van der Waals surface area contributed by atoms with Crippen molar-refractivity contribution in [2.75, 3.05) is 6.61 Å². The number of benzene rings is 2. The van der Waals surface area contributed by atoms with Crippen molar-refractivity contribution in [3.63, 3.8) is 0 Å². The summed E-state index contributed by atoms with van der Waals surface area (Å²) in [6, 6.07) is 20.7. The molecule has 4 heteroatoms. The van der Waals surface area contributed by atoms with Crippen molar-refractivity contribution in [1.82, 2.24) is 0 Å². The molecule has 0 fully saturated rings. The zero-order chi connectivity index (χ0) is 20.4. The Morgan fingerprint density at radius 2 is 1.43 bits per heavy atom. The van der Waals surface area contributed by atoms with E-state index in [9.17, 15) is 0 Å². The molecule has 0 atom stereocenters. The molecule has 0 amide bonds. The second-order valence-corrected chi connectivity index (χ2v) is 14.2. The third-order valence-corrected chi connectivity index (χ3v) is 11.0. The van der Waals surface area contributed by atoms with Crippen LogP contribution in [0, 0.1) is 0 Å². The highest BCUT2D eigenvalue weighted by Gasteiger charge is 2.37. The molecule has 2 aromatic carbocycles. The Morgan fingerprint density at radius 3 is 1.96 bits per heavy atom. The van der Waals surface area contributed by atoms with E-state index in [0.717, 1.165) is 39.1 Å². The van der Waals surface area contributed by atoms with Crippen molar-refractivity contribution in [3.05, 3.63) is 70.9 Å². The maximum atomic E-state index is 6.37. The molecule has 0 saturated heterocycles. The van der Waals surface area contributed by atoms with E-state index in [1.807, 2.05) is 24.3 Å². The van der Waals surface area contributed by atoms with E-state index in [0.29, 0.717) is 6.61 Å². The highest BCUT2D eigenvalue weighted by Crippen LogP contribution is 2.43. The molecule has 0 unspecified atom stereocenters. The molecule has 148 valence electrons. The van der Waals surface area contributed by atoms with E-state index in [-0.39, 0.29) is 5.04 Å². The van der Waals surface area contributed by atoms with Gasteiger partial charge in [-0.15, -0.1) is 0 Å². The lowest BCUT2D eigenvalue weighted by atomic mass is 10.0. The van der Waals surface area contributed by atoms with Crippen LogP contribution in [0.5, 0.6) is 0 Å². The molecule has 0 spiro atoms. The van der Waals surface area contributed by atoms with Gasteiger partial charge >= 0.3 is 0 Å². The first-order valence-corrected chi connectivity index (χ1v) is 13.5. The minimum atomic E-state index is -1.77. The Morgan fingerprint density at radius 1 is 0.893 bits per heavy atom. The average Bonchev–Trinajstić information content (AvgIpc) is 2.99. The van der Waals surface area contributed by atoms with Crippen LogP contribution >= 0.6 is 15.9 Å². The second kappa shape index (κ2) is 8.40. The number of hydrogen-bond acceptors (Lipinski definition) is 2. The molecule has 2 nitrogen and oxygen atoms in total. The normalized spacial score (nSPS) is 12.4. The third-order valence-electron chi connectivity index (χ3n) is 5.61. The van der Waals surface area contributed by atoms with Gasteiger partial charge in [0.05, 0.1) is 4.47 Å². The van der Waals surface area contributed by atoms with E-state index in [4.69, 9.17) is 8.84 Å². The third kappa shape index (κ3) is 4.51. The molecule has 28 heavy (non-hydrogen) atoms. The van der Waals surface area contributed by atoms with E-state index in [2.05, 4.69) is 86.2 Å². The van der Waals surface area contributed by atoms with Crippen molar-refractivity contribution in [2.45, 2.75) is 45.3 Å². The first kappa shape index (κ1) is 21.1. The van der Waals surface area contributed by atoms with Gasteiger partial charge in [0, 0.05) is 24.2 Å². The lowest BCUT2D eigenvalue weighted by molar-refractivity contribution is 0.282. The van der Waals surface area contributed by atoms with Crippen molar-refractivity contribution in [1.29, 1.82) is 0 Å². The van der Waals surface area contributed by atoms with E-state index < -0.39 is 8.32 Å². The fourth-order valence-electron chi connectivity index (χ4n) is 2.89. The SMILES string of the molecule is CC(C)(C)[Si](C)(C)OCCc1oc(-c2ccccc2)c(-c2ccccc2)c1Br. The quantitative estimate of drug-likeness (QED) is 0.351. The lowest BCUT2D eigenvalue weighted by Crippen LogP contribution is -2.41. The van der Waals surface area contributed by atoms with Crippen LogP contribution in [0.3, 0.4) is 0 Å². The molecule has 0 bridgehead atoms. The minimum Gasteiger partial charge on any atom is -0.459 e. The number of hydrogen-bond donors (Lipinski definition) is 0. The van der Waals surface area contributed by atoms with E-state index in [1.165, 1.54) is 0 Å². The molecule has 0 N–H and O–H groups in total. The predicted octanol–water partition coefficient (Wildman–Crippen LogP) is 7.94. The van der Waals surface area contributed by atoms with Crippen LogP contribution in [0.1, 0.15) is 26.5 Å². The molecular formula is C24H29BrO2Si. The summed E-state index contributed by atoms with van der Waals surface area (Å²) in [5.74, 6) is 1.84. The molecule has 1 heterocycles. The monoisotopic (exact) mass is 456 g/mol. The molecule has 0 aliphatic rings. The van der Waals surface area contributed by atoms with Gasteiger partial charge in [-0.1, -0.05) is 81.4 Å². The summed E-state index contributed by atoms with van der Waals surface area (Å²) in [4.78, 5) is 0. The van der Waals surface area contributed by atoms with Crippen LogP contribution in [0.15, 0.2) is 69.6 Å². The summed E-state index contributed by atoms with van der Waals surface area (Å²) < 4.78 is 13.8. The van der Waals surface area contributed by atoms with Crippen LogP contribution < -0.4 is 0 Å². The minimum absolute atomic E-state index is 0.206. The van der Waals surface area contributed by atoms with Gasteiger partial charge in [-0.25, -0.2) is 0 Å². The zero-order valence-corrected chi connectivity index (χ0v) is 20.0. The van der Waals surface area contributed by atoms with Crippen molar-refractivity contribution < 1.29 is 8.84 Å². The van der Waals surface area contributed by atoms with Gasteiger partial charge in [-0.05, 0) is 39.6 Å². The molecule has 0 aliphatic heterocycles. The van der Waals surface area contributed by atoms with Crippen molar-refractivity contribution >= 4 is 24.2 Å². The maximum absolute atomic E-state index is 6.37. The molecule has 3 aromatic rings. The predicted molar refractivity (Wildman–Crippen MR) is 124 cm³/mol. The molecule has 3 rings (SSSR count). The zero-order valence-electron chi connectivity index (χ0n) is 17.4. The van der Waals surface area contributed by atoms with Crippen LogP contribution in [0.2, 0.25) is 18.1 Å². The fraction of sp³-hybridized carbons (Fsp3) is 0.333. The molecule has 0 saturated carbocycles. The maximum Gasteiger partial charge on any atom is 0.191 e. The highest BCUT2D eigenvalue weighted by atomic mass is 79.9. The topological polar surface area (TPSA) is 22.4 Å². The van der Waals surface area contributed by atoms with Crippen molar-refractivity contribution in [2.24, 2.45) is 0 Å². The molecule has 0 radical (unpaired) electrons. The summed E-state index contributed by atoms with van der Waals surface area (Å²) in [6.45, 7) is 12.0. The lowest BCUT2D eigenvalue weighted by Gasteiger charge is -2.36. The molecule has 1 aromatic heterocycles. The summed E-state index contributed by atoms with van der Waals surface area (Å²) in [5.41, 5.74) is 3.33. The smallest absolute Gasteiger partial charge is 0.191 e. The Balaban J connectivity index is 1.92. The summed E-state index contributed by atoms with van der Waals surface area (Å²) in [5, 5.41) is 0.206. The summed E-state index contributed by atoms with van der Waals surface area (Å²) >= 11 is 3.82. The average molecular weight is 457 g/mol. The van der Waals surface area contributed by atoms with Gasteiger partial charge in [0.2, 0.25) is 0 Å². The standard InChI is InChI=1S/C24H29BrO2Si/c1-24(2,3)28(4,5)26-17-16-20-22(25)21(18-12-8-6-9-13-18)23(27-20)19-14-10-7-11-15-19/h6-15H,16-17H2,1-5H3. The second-order valence-electron chi connectivity index (χ2n) is 8.63. The molecule has 0 aliphatic carbocycles. The first-order valence-electron chi connectivity index (χ1n) is 9.76.